The van der Waals surface area contributed by atoms with E-state index in [9.17, 15) is 0 Å². The number of hydrogen-bond acceptors (Lipinski definition) is 4. The van der Waals surface area contributed by atoms with E-state index in [2.05, 4.69) is 15.0 Å². The van der Waals surface area contributed by atoms with Crippen molar-refractivity contribution in [2.75, 3.05) is 5.73 Å². The first-order valence-electron chi connectivity index (χ1n) is 5.69. The number of para-hydroxylation sites is 1. The van der Waals surface area contributed by atoms with Crippen LogP contribution in [0.4, 0.5) is 5.95 Å². The smallest absolute Gasteiger partial charge is 0.221 e. The highest BCUT2D eigenvalue weighted by Gasteiger charge is 2.09. The van der Waals surface area contributed by atoms with E-state index in [0.717, 1.165) is 27.7 Å². The molecule has 0 fully saturated rings. The number of fused-ring (bicyclic) bond motifs is 1. The summed E-state index contributed by atoms with van der Waals surface area (Å²) in [6, 6.07) is 9.81. The quantitative estimate of drug-likeness (QED) is 0.705. The predicted molar refractivity (Wildman–Crippen MR) is 71.9 cm³/mol. The van der Waals surface area contributed by atoms with Gasteiger partial charge in [-0.3, -0.25) is 4.98 Å². The second kappa shape index (κ2) is 4.07. The molecule has 0 saturated carbocycles. The average Bonchev–Trinajstić information content (AvgIpc) is 2.38. The first-order chi connectivity index (χ1) is 8.75. The summed E-state index contributed by atoms with van der Waals surface area (Å²) in [4.78, 5) is 12.7. The third-order valence-electron chi connectivity index (χ3n) is 2.90. The van der Waals surface area contributed by atoms with Gasteiger partial charge in [0, 0.05) is 23.3 Å². The molecule has 18 heavy (non-hydrogen) atoms. The highest BCUT2D eigenvalue weighted by molar-refractivity contribution is 5.93. The minimum atomic E-state index is 0.292. The third kappa shape index (κ3) is 1.68. The van der Waals surface area contributed by atoms with E-state index < -0.39 is 0 Å². The van der Waals surface area contributed by atoms with Crippen molar-refractivity contribution in [1.82, 2.24) is 15.0 Å². The van der Waals surface area contributed by atoms with Crippen LogP contribution in [-0.4, -0.2) is 15.0 Å². The Morgan fingerprint density at radius 2 is 1.89 bits per heavy atom. The van der Waals surface area contributed by atoms with Crippen LogP contribution < -0.4 is 5.73 Å². The van der Waals surface area contributed by atoms with E-state index in [1.54, 1.807) is 6.20 Å². The topological polar surface area (TPSA) is 64.7 Å². The molecule has 0 radical (unpaired) electrons. The molecule has 0 bridgehead atoms. The van der Waals surface area contributed by atoms with Gasteiger partial charge in [0.2, 0.25) is 5.95 Å². The van der Waals surface area contributed by atoms with Crippen molar-refractivity contribution in [3.05, 3.63) is 48.3 Å². The number of rotatable bonds is 1. The summed E-state index contributed by atoms with van der Waals surface area (Å²) in [5.74, 6) is 0.292. The minimum Gasteiger partial charge on any atom is -0.368 e. The average molecular weight is 236 g/mol. The van der Waals surface area contributed by atoms with Gasteiger partial charge in [0.25, 0.3) is 0 Å². The van der Waals surface area contributed by atoms with Gasteiger partial charge in [0.1, 0.15) is 0 Å². The van der Waals surface area contributed by atoms with Gasteiger partial charge >= 0.3 is 0 Å². The van der Waals surface area contributed by atoms with E-state index >= 15 is 0 Å². The Balaban J connectivity index is 2.39. The van der Waals surface area contributed by atoms with Crippen LogP contribution in [0.15, 0.2) is 42.7 Å². The van der Waals surface area contributed by atoms with Crippen molar-refractivity contribution in [1.29, 1.82) is 0 Å². The first-order valence-corrected chi connectivity index (χ1v) is 5.69. The van der Waals surface area contributed by atoms with Crippen LogP contribution >= 0.6 is 0 Å². The van der Waals surface area contributed by atoms with Gasteiger partial charge < -0.3 is 5.73 Å². The Labute approximate surface area is 105 Å². The molecule has 88 valence electrons. The largest absolute Gasteiger partial charge is 0.368 e. The molecule has 4 nitrogen and oxygen atoms in total. The van der Waals surface area contributed by atoms with E-state index in [-0.39, 0.29) is 0 Å². The van der Waals surface area contributed by atoms with Crippen LogP contribution in [0.2, 0.25) is 0 Å². The van der Waals surface area contributed by atoms with Gasteiger partial charge in [0.15, 0.2) is 0 Å². The van der Waals surface area contributed by atoms with Gasteiger partial charge in [-0.1, -0.05) is 18.2 Å². The van der Waals surface area contributed by atoms with Crippen molar-refractivity contribution >= 4 is 16.9 Å². The van der Waals surface area contributed by atoms with Gasteiger partial charge in [-0.05, 0) is 24.6 Å². The lowest BCUT2D eigenvalue weighted by molar-refractivity contribution is 1.21. The van der Waals surface area contributed by atoms with Crippen LogP contribution in [0.25, 0.3) is 22.2 Å². The maximum Gasteiger partial charge on any atom is 0.221 e. The molecule has 1 aromatic carbocycles. The summed E-state index contributed by atoms with van der Waals surface area (Å²) in [5.41, 5.74) is 9.60. The number of nitrogen functional groups attached to an aromatic ring is 1. The number of nitrogens with two attached hydrogens (primary N) is 1. The predicted octanol–water partition coefficient (Wildman–Crippen LogP) is 2.58. The Morgan fingerprint density at radius 1 is 1.06 bits per heavy atom. The Hall–Kier alpha value is -2.49. The van der Waals surface area contributed by atoms with Crippen LogP contribution in [0.1, 0.15) is 5.56 Å². The first kappa shape index (κ1) is 10.7. The molecular formula is C14H12N4. The van der Waals surface area contributed by atoms with Crippen molar-refractivity contribution in [3.63, 3.8) is 0 Å². The maximum atomic E-state index is 5.77. The molecule has 0 unspecified atom stereocenters. The zero-order valence-corrected chi connectivity index (χ0v) is 9.96. The molecule has 4 heteroatoms. The molecule has 0 aliphatic carbocycles. The lowest BCUT2D eigenvalue weighted by atomic mass is 10.0. The summed E-state index contributed by atoms with van der Waals surface area (Å²) >= 11 is 0. The van der Waals surface area contributed by atoms with E-state index in [1.165, 1.54) is 0 Å². The summed E-state index contributed by atoms with van der Waals surface area (Å²) in [6.07, 6.45) is 3.58. The monoisotopic (exact) mass is 236 g/mol. The number of benzene rings is 1. The van der Waals surface area contributed by atoms with Crippen LogP contribution in [-0.2, 0) is 0 Å². The fourth-order valence-electron chi connectivity index (χ4n) is 2.04. The molecule has 2 N–H and O–H groups in total. The minimum absolute atomic E-state index is 0.292. The molecule has 0 amide bonds. The molecule has 0 aliphatic heterocycles. The summed E-state index contributed by atoms with van der Waals surface area (Å²) in [6.45, 7) is 2.01. The number of aromatic nitrogens is 3. The second-order valence-electron chi connectivity index (χ2n) is 4.14. The van der Waals surface area contributed by atoms with Crippen LogP contribution in [0, 0.1) is 6.92 Å². The van der Waals surface area contributed by atoms with Gasteiger partial charge in [0.05, 0.1) is 11.2 Å². The van der Waals surface area contributed by atoms with Crippen LogP contribution in [0.3, 0.4) is 0 Å². The SMILES string of the molecule is Cc1cnccc1-c1nc(N)nc2ccccc12. The van der Waals surface area contributed by atoms with E-state index in [4.69, 9.17) is 5.73 Å². The Morgan fingerprint density at radius 3 is 2.72 bits per heavy atom. The third-order valence-corrected chi connectivity index (χ3v) is 2.90. The number of hydrogen-bond donors (Lipinski definition) is 1. The molecular weight excluding hydrogens is 224 g/mol. The normalized spacial score (nSPS) is 10.7. The summed E-state index contributed by atoms with van der Waals surface area (Å²) in [7, 11) is 0. The molecule has 3 rings (SSSR count). The van der Waals surface area contributed by atoms with Crippen molar-refractivity contribution in [3.8, 4) is 11.3 Å². The molecule has 3 aromatic rings. The molecule has 0 saturated heterocycles. The zero-order valence-electron chi connectivity index (χ0n) is 9.96. The fourth-order valence-corrected chi connectivity index (χ4v) is 2.04. The summed E-state index contributed by atoms with van der Waals surface area (Å²) in [5, 5.41) is 1.00. The fraction of sp³-hybridized carbons (Fsp3) is 0.0714. The number of pyridine rings is 1. The van der Waals surface area contributed by atoms with Crippen molar-refractivity contribution in [2.45, 2.75) is 6.92 Å². The van der Waals surface area contributed by atoms with Gasteiger partial charge in [-0.2, -0.15) is 0 Å². The molecule has 2 aromatic heterocycles. The summed E-state index contributed by atoms with van der Waals surface area (Å²) < 4.78 is 0. The maximum absolute atomic E-state index is 5.77. The second-order valence-corrected chi connectivity index (χ2v) is 4.14. The lowest BCUT2D eigenvalue weighted by Crippen LogP contribution is -1.99. The Kier molecular flexibility index (Phi) is 2.41. The molecule has 0 aliphatic rings. The van der Waals surface area contributed by atoms with Crippen molar-refractivity contribution in [2.24, 2.45) is 0 Å². The highest BCUT2D eigenvalue weighted by atomic mass is 15.0. The highest BCUT2D eigenvalue weighted by Crippen LogP contribution is 2.28. The Bertz CT molecular complexity index is 722. The van der Waals surface area contributed by atoms with Crippen molar-refractivity contribution < 1.29 is 0 Å². The molecule has 0 spiro atoms. The molecule has 0 atom stereocenters. The van der Waals surface area contributed by atoms with Gasteiger partial charge in [-0.25, -0.2) is 9.97 Å². The number of aryl methyl sites for hydroxylation is 1. The lowest BCUT2D eigenvalue weighted by Gasteiger charge is -2.08. The van der Waals surface area contributed by atoms with E-state index in [0.29, 0.717) is 5.95 Å². The van der Waals surface area contributed by atoms with Crippen LogP contribution in [0.5, 0.6) is 0 Å². The van der Waals surface area contributed by atoms with Gasteiger partial charge in [-0.15, -0.1) is 0 Å². The standard InChI is InChI=1S/C14H12N4/c1-9-8-16-7-6-10(9)13-11-4-2-3-5-12(11)17-14(15)18-13/h2-8H,1H3,(H2,15,17,18). The molecule has 2 heterocycles. The van der Waals surface area contributed by atoms with E-state index in [1.807, 2.05) is 43.5 Å². The number of anilines is 1. The number of nitrogens with zero attached hydrogens (tertiary/aromatic N) is 3. The zero-order chi connectivity index (χ0) is 12.5.